The zero-order valence-corrected chi connectivity index (χ0v) is 13.3. The molecular formula is C15H20BrNO2. The molecule has 0 atom stereocenters. The van der Waals surface area contributed by atoms with E-state index in [1.54, 1.807) is 7.11 Å². The summed E-state index contributed by atoms with van der Waals surface area (Å²) in [6.45, 7) is 4.01. The molecule has 1 saturated carbocycles. The van der Waals surface area contributed by atoms with E-state index < -0.39 is 0 Å². The highest BCUT2D eigenvalue weighted by atomic mass is 79.9. The van der Waals surface area contributed by atoms with Crippen LogP contribution in [0, 0.1) is 13.8 Å². The number of hydrogen-bond donors (Lipinski definition) is 1. The monoisotopic (exact) mass is 325 g/mol. The van der Waals surface area contributed by atoms with Gasteiger partial charge in [-0.1, -0.05) is 15.9 Å². The molecule has 0 saturated heterocycles. The number of rotatable bonds is 4. The van der Waals surface area contributed by atoms with Gasteiger partial charge in [0.25, 0.3) is 0 Å². The average molecular weight is 326 g/mol. The number of carbonyl (C=O) groups excluding carboxylic acids is 1. The van der Waals surface area contributed by atoms with Crippen molar-refractivity contribution >= 4 is 27.5 Å². The van der Waals surface area contributed by atoms with Crippen molar-refractivity contribution in [3.63, 3.8) is 0 Å². The molecule has 1 aliphatic carbocycles. The fourth-order valence-corrected chi connectivity index (χ4v) is 3.30. The summed E-state index contributed by atoms with van der Waals surface area (Å²) < 4.78 is 6.53. The second kappa shape index (κ2) is 5.63. The molecule has 1 fully saturated rings. The van der Waals surface area contributed by atoms with Gasteiger partial charge in [0.15, 0.2) is 0 Å². The maximum absolute atomic E-state index is 12.2. The van der Waals surface area contributed by atoms with Gasteiger partial charge in [-0.15, -0.1) is 0 Å². The molecule has 0 unspecified atom stereocenters. The average Bonchev–Trinajstić information content (AvgIpc) is 2.28. The summed E-state index contributed by atoms with van der Waals surface area (Å²) in [5.74, 6) is 0.0371. The molecule has 1 aliphatic rings. The van der Waals surface area contributed by atoms with Crippen LogP contribution in [0.25, 0.3) is 0 Å². The maximum atomic E-state index is 12.2. The number of benzene rings is 1. The molecule has 1 aromatic carbocycles. The standard InChI is InChI=1S/C15H20BrNO2/c1-10-7-12(16)8-11(2)14(10)17-13(18)9-15(19-3)5-4-6-15/h7-8H,4-6,9H2,1-3H3,(H,17,18). The molecule has 0 heterocycles. The number of aryl methyl sites for hydroxylation is 2. The van der Waals surface area contributed by atoms with E-state index in [1.165, 1.54) is 0 Å². The summed E-state index contributed by atoms with van der Waals surface area (Å²) >= 11 is 3.46. The first-order valence-corrected chi connectivity index (χ1v) is 7.37. The Labute approximate surface area is 122 Å². The highest BCUT2D eigenvalue weighted by Crippen LogP contribution is 2.38. The number of ether oxygens (including phenoxy) is 1. The van der Waals surface area contributed by atoms with E-state index in [2.05, 4.69) is 21.2 Å². The number of anilines is 1. The zero-order valence-electron chi connectivity index (χ0n) is 11.7. The minimum absolute atomic E-state index is 0.0371. The second-order valence-electron chi connectivity index (χ2n) is 5.38. The predicted molar refractivity (Wildman–Crippen MR) is 80.5 cm³/mol. The van der Waals surface area contributed by atoms with Gasteiger partial charge in [0, 0.05) is 17.3 Å². The molecule has 104 valence electrons. The molecular weight excluding hydrogens is 306 g/mol. The number of amides is 1. The summed E-state index contributed by atoms with van der Waals surface area (Å²) in [6.07, 6.45) is 3.56. The second-order valence-corrected chi connectivity index (χ2v) is 6.30. The lowest BCUT2D eigenvalue weighted by molar-refractivity contribution is -0.129. The SMILES string of the molecule is COC1(CC(=O)Nc2c(C)cc(Br)cc2C)CCC1. The molecule has 3 nitrogen and oxygen atoms in total. The van der Waals surface area contributed by atoms with E-state index in [0.717, 1.165) is 40.5 Å². The summed E-state index contributed by atoms with van der Waals surface area (Å²) in [4.78, 5) is 12.2. The van der Waals surface area contributed by atoms with Crippen LogP contribution in [0.15, 0.2) is 16.6 Å². The van der Waals surface area contributed by atoms with Crippen molar-refractivity contribution in [2.45, 2.75) is 45.1 Å². The maximum Gasteiger partial charge on any atom is 0.227 e. The highest BCUT2D eigenvalue weighted by molar-refractivity contribution is 9.10. The Bertz CT molecular complexity index is 466. The Morgan fingerprint density at radius 1 is 1.37 bits per heavy atom. The third-order valence-electron chi connectivity index (χ3n) is 3.94. The Balaban J connectivity index is 2.07. The Morgan fingerprint density at radius 3 is 2.37 bits per heavy atom. The fraction of sp³-hybridized carbons (Fsp3) is 0.533. The largest absolute Gasteiger partial charge is 0.378 e. The fourth-order valence-electron chi connectivity index (χ4n) is 2.61. The first-order valence-electron chi connectivity index (χ1n) is 6.57. The molecule has 0 aromatic heterocycles. The van der Waals surface area contributed by atoms with Crippen LogP contribution < -0.4 is 5.32 Å². The number of nitrogens with one attached hydrogen (secondary N) is 1. The zero-order chi connectivity index (χ0) is 14.0. The molecule has 4 heteroatoms. The summed E-state index contributed by atoms with van der Waals surface area (Å²) in [5.41, 5.74) is 2.83. The lowest BCUT2D eigenvalue weighted by atomic mass is 9.77. The van der Waals surface area contributed by atoms with Crippen molar-refractivity contribution in [1.29, 1.82) is 0 Å². The van der Waals surface area contributed by atoms with Crippen molar-refractivity contribution in [1.82, 2.24) is 0 Å². The molecule has 1 N–H and O–H groups in total. The third kappa shape index (κ3) is 3.18. The van der Waals surface area contributed by atoms with E-state index >= 15 is 0 Å². The van der Waals surface area contributed by atoms with Crippen LogP contribution in [0.4, 0.5) is 5.69 Å². The third-order valence-corrected chi connectivity index (χ3v) is 4.40. The number of methoxy groups -OCH3 is 1. The highest BCUT2D eigenvalue weighted by Gasteiger charge is 2.39. The predicted octanol–water partition coefficient (Wildman–Crippen LogP) is 3.96. The van der Waals surface area contributed by atoms with Crippen LogP contribution in [0.1, 0.15) is 36.8 Å². The van der Waals surface area contributed by atoms with Crippen LogP contribution in [0.2, 0.25) is 0 Å². The lowest BCUT2D eigenvalue weighted by Gasteiger charge is -2.40. The topological polar surface area (TPSA) is 38.3 Å². The Kier molecular flexibility index (Phi) is 4.31. The van der Waals surface area contributed by atoms with Gasteiger partial charge in [-0.2, -0.15) is 0 Å². The smallest absolute Gasteiger partial charge is 0.227 e. The quantitative estimate of drug-likeness (QED) is 0.909. The minimum Gasteiger partial charge on any atom is -0.378 e. The van der Waals surface area contributed by atoms with Crippen LogP contribution in [0.3, 0.4) is 0 Å². The van der Waals surface area contributed by atoms with E-state index in [1.807, 2.05) is 26.0 Å². The van der Waals surface area contributed by atoms with E-state index in [9.17, 15) is 4.79 Å². The summed E-state index contributed by atoms with van der Waals surface area (Å²) in [6, 6.07) is 4.02. The Morgan fingerprint density at radius 2 is 1.95 bits per heavy atom. The molecule has 0 radical (unpaired) electrons. The van der Waals surface area contributed by atoms with Crippen LogP contribution >= 0.6 is 15.9 Å². The van der Waals surface area contributed by atoms with Crippen LogP contribution in [0.5, 0.6) is 0 Å². The van der Waals surface area contributed by atoms with Crippen molar-refractivity contribution in [2.24, 2.45) is 0 Å². The lowest BCUT2D eigenvalue weighted by Crippen LogP contribution is -2.42. The first-order chi connectivity index (χ1) is 8.96. The molecule has 2 rings (SSSR count). The van der Waals surface area contributed by atoms with Gasteiger partial charge < -0.3 is 10.1 Å². The number of carbonyl (C=O) groups is 1. The molecule has 0 bridgehead atoms. The molecule has 19 heavy (non-hydrogen) atoms. The molecule has 0 spiro atoms. The molecule has 1 amide bonds. The van der Waals surface area contributed by atoms with Gasteiger partial charge in [0.1, 0.15) is 0 Å². The molecule has 1 aromatic rings. The van der Waals surface area contributed by atoms with Crippen LogP contribution in [-0.2, 0) is 9.53 Å². The van der Waals surface area contributed by atoms with E-state index in [-0.39, 0.29) is 11.5 Å². The number of halogens is 1. The van der Waals surface area contributed by atoms with E-state index in [4.69, 9.17) is 4.74 Å². The van der Waals surface area contributed by atoms with Crippen molar-refractivity contribution in [3.05, 3.63) is 27.7 Å². The normalized spacial score (nSPS) is 16.8. The van der Waals surface area contributed by atoms with Crippen molar-refractivity contribution in [2.75, 3.05) is 12.4 Å². The summed E-state index contributed by atoms with van der Waals surface area (Å²) in [5, 5.41) is 3.02. The van der Waals surface area contributed by atoms with E-state index in [0.29, 0.717) is 6.42 Å². The van der Waals surface area contributed by atoms with Crippen molar-refractivity contribution < 1.29 is 9.53 Å². The van der Waals surface area contributed by atoms with Gasteiger partial charge in [-0.3, -0.25) is 4.79 Å². The summed E-state index contributed by atoms with van der Waals surface area (Å²) in [7, 11) is 1.70. The number of hydrogen-bond acceptors (Lipinski definition) is 2. The van der Waals surface area contributed by atoms with Crippen molar-refractivity contribution in [3.8, 4) is 0 Å². The van der Waals surface area contributed by atoms with Gasteiger partial charge in [-0.05, 0) is 56.4 Å². The van der Waals surface area contributed by atoms with Crippen LogP contribution in [-0.4, -0.2) is 18.6 Å². The molecule has 0 aliphatic heterocycles. The van der Waals surface area contributed by atoms with Gasteiger partial charge >= 0.3 is 0 Å². The first kappa shape index (κ1) is 14.5. The Hall–Kier alpha value is -0.870. The van der Waals surface area contributed by atoms with Gasteiger partial charge in [-0.25, -0.2) is 0 Å². The van der Waals surface area contributed by atoms with Gasteiger partial charge in [0.05, 0.1) is 12.0 Å². The van der Waals surface area contributed by atoms with Gasteiger partial charge in [0.2, 0.25) is 5.91 Å². The minimum atomic E-state index is -0.221.